The Morgan fingerprint density at radius 2 is 1.73 bits per heavy atom. The van der Waals surface area contributed by atoms with Crippen molar-refractivity contribution >= 4 is 34.7 Å². The molecule has 1 N–H and O–H groups in total. The van der Waals surface area contributed by atoms with Crippen LogP contribution in [-0.4, -0.2) is 69.2 Å². The van der Waals surface area contributed by atoms with Crippen LogP contribution in [0.2, 0.25) is 5.02 Å². The zero-order valence-corrected chi connectivity index (χ0v) is 19.8. The molecule has 0 radical (unpaired) electrons. The Morgan fingerprint density at radius 3 is 2.43 bits per heavy atom. The second-order valence-corrected chi connectivity index (χ2v) is 9.07. The lowest BCUT2D eigenvalue weighted by atomic mass is 9.92. The zero-order chi connectivity index (χ0) is 25.5. The summed E-state index contributed by atoms with van der Waals surface area (Å²) in [4.78, 5) is 27.9. The third-order valence-electron chi connectivity index (χ3n) is 6.55. The molecule has 0 saturated carbocycles. The van der Waals surface area contributed by atoms with Gasteiger partial charge in [0.05, 0.1) is 16.4 Å². The highest BCUT2D eigenvalue weighted by Crippen LogP contribution is 2.40. The fourth-order valence-electron chi connectivity index (χ4n) is 4.90. The number of fused-ring (bicyclic) bond motifs is 1. The second-order valence-electron chi connectivity index (χ2n) is 8.67. The largest absolute Gasteiger partial charge is 0.324 e. The van der Waals surface area contributed by atoms with Gasteiger partial charge in [0.1, 0.15) is 18.7 Å². The molecule has 2 aromatic heterocycles. The summed E-state index contributed by atoms with van der Waals surface area (Å²) in [6.45, 7) is 0. The highest BCUT2D eigenvalue weighted by atomic mass is 35.5. The zero-order valence-electron chi connectivity index (χ0n) is 19.1. The van der Waals surface area contributed by atoms with Crippen molar-refractivity contribution in [2.45, 2.75) is 31.3 Å². The molecular weight excluding hydrogens is 503 g/mol. The van der Waals surface area contributed by atoms with Gasteiger partial charge in [0.25, 0.3) is 0 Å². The number of hydrogen-bond acceptors (Lipinski definition) is 8. The molecule has 2 aromatic carbocycles. The molecule has 4 aromatic rings. The monoisotopic (exact) mass is 520 g/mol. The normalized spacial score (nSPS) is 19.0. The predicted octanol–water partition coefficient (Wildman–Crippen LogP) is 2.22. The predicted molar refractivity (Wildman–Crippen MR) is 128 cm³/mol. The van der Waals surface area contributed by atoms with Crippen LogP contribution in [0.1, 0.15) is 24.8 Å². The molecule has 6 rings (SSSR count). The van der Waals surface area contributed by atoms with Crippen molar-refractivity contribution in [3.8, 4) is 11.4 Å². The molecule has 1 saturated heterocycles. The van der Waals surface area contributed by atoms with Crippen LogP contribution in [0.4, 0.5) is 10.1 Å². The lowest BCUT2D eigenvalue weighted by molar-refractivity contribution is -0.135. The van der Waals surface area contributed by atoms with E-state index in [1.807, 2.05) is 0 Å². The van der Waals surface area contributed by atoms with Gasteiger partial charge in [-0.3, -0.25) is 9.59 Å². The van der Waals surface area contributed by atoms with Crippen LogP contribution < -0.4 is 5.32 Å². The number of halogens is 2. The maximum atomic E-state index is 15.2. The Morgan fingerprint density at radius 1 is 1.00 bits per heavy atom. The van der Waals surface area contributed by atoms with E-state index < -0.39 is 11.9 Å². The molecule has 0 aliphatic carbocycles. The van der Waals surface area contributed by atoms with Gasteiger partial charge in [-0.1, -0.05) is 11.6 Å². The van der Waals surface area contributed by atoms with Crippen molar-refractivity contribution in [2.24, 2.45) is 0 Å². The molecule has 0 bridgehead atoms. The molecule has 2 aliphatic heterocycles. The number of nitrogens with zero attached hydrogens (tertiary/aromatic N) is 9. The van der Waals surface area contributed by atoms with Crippen molar-refractivity contribution in [1.82, 2.24) is 45.3 Å². The van der Waals surface area contributed by atoms with Crippen molar-refractivity contribution in [1.29, 1.82) is 0 Å². The number of carbonyl (C=O) groups excluding carboxylic acids is 2. The lowest BCUT2D eigenvalue weighted by Crippen LogP contribution is -2.48. The number of tetrazole rings is 2. The molecule has 1 fully saturated rings. The van der Waals surface area contributed by atoms with Crippen molar-refractivity contribution in [3.05, 3.63) is 71.5 Å². The van der Waals surface area contributed by atoms with Crippen molar-refractivity contribution < 1.29 is 14.0 Å². The van der Waals surface area contributed by atoms with Crippen LogP contribution in [0.5, 0.6) is 0 Å². The number of amides is 2. The van der Waals surface area contributed by atoms with E-state index in [9.17, 15) is 9.59 Å². The van der Waals surface area contributed by atoms with Crippen LogP contribution in [0, 0.1) is 5.82 Å². The minimum absolute atomic E-state index is 0.0719. The Labute approximate surface area is 213 Å². The lowest BCUT2D eigenvalue weighted by Gasteiger charge is -2.33. The number of carbonyl (C=O) groups is 2. The van der Waals surface area contributed by atoms with Crippen molar-refractivity contribution in [2.75, 3.05) is 5.32 Å². The Kier molecular flexibility index (Phi) is 5.68. The topological polar surface area (TPSA) is 137 Å². The molecule has 1 unspecified atom stereocenters. The summed E-state index contributed by atoms with van der Waals surface area (Å²) in [6, 6.07) is 9.13. The van der Waals surface area contributed by atoms with E-state index in [0.29, 0.717) is 36.2 Å². The van der Waals surface area contributed by atoms with Gasteiger partial charge >= 0.3 is 0 Å². The van der Waals surface area contributed by atoms with Gasteiger partial charge in [0.15, 0.2) is 5.82 Å². The fraction of sp³-hybridized carbons (Fsp3) is 0.217. The average molecular weight is 521 g/mol. The SMILES string of the molecule is O=C(Nc1ccc(-n2cnnn2)cc1)[C@@H]1CCC2CC(c3c(-n4cnnn4)ccc(Cl)c3F)=CC(=O)N21. The Hall–Kier alpha value is -4.52. The van der Waals surface area contributed by atoms with Crippen molar-refractivity contribution in [3.63, 3.8) is 0 Å². The highest BCUT2D eigenvalue weighted by Gasteiger charge is 2.43. The summed E-state index contributed by atoms with van der Waals surface area (Å²) in [5.41, 5.74) is 2.34. The third kappa shape index (κ3) is 4.12. The molecule has 2 atom stereocenters. The molecule has 2 aliphatic rings. The smallest absolute Gasteiger partial charge is 0.247 e. The molecular formula is C23H18ClFN10O2. The first-order chi connectivity index (χ1) is 18.0. The van der Waals surface area contributed by atoms with E-state index in [1.165, 1.54) is 34.2 Å². The summed E-state index contributed by atoms with van der Waals surface area (Å²) in [6.07, 6.45) is 5.63. The van der Waals surface area contributed by atoms with Gasteiger partial charge in [-0.15, -0.1) is 10.2 Å². The molecule has 0 spiro atoms. The standard InChI is InChI=1S/C23H18ClFN10O2/c24-17-6-8-18(34-12-27-30-32-34)21(22(17)25)13-9-16-5-7-19(35(16)20(36)10-13)23(37)28-14-1-3-15(4-2-14)33-11-26-29-31-33/h1-4,6,8,10-12,16,19H,5,7,9H2,(H,28,37)/t16?,19-/m0/s1. The number of benzene rings is 2. The van der Waals surface area contributed by atoms with Gasteiger partial charge in [-0.25, -0.2) is 9.07 Å². The maximum absolute atomic E-state index is 15.2. The van der Waals surface area contributed by atoms with E-state index in [0.717, 1.165) is 5.69 Å². The van der Waals surface area contributed by atoms with Crippen LogP contribution in [-0.2, 0) is 9.59 Å². The molecule has 4 heterocycles. The summed E-state index contributed by atoms with van der Waals surface area (Å²) in [5.74, 6) is -1.30. The summed E-state index contributed by atoms with van der Waals surface area (Å²) in [5, 5.41) is 24.9. The van der Waals surface area contributed by atoms with E-state index in [-0.39, 0.29) is 28.4 Å². The second kappa shape index (κ2) is 9.17. The van der Waals surface area contributed by atoms with Crippen LogP contribution in [0.3, 0.4) is 0 Å². The van der Waals surface area contributed by atoms with Crippen LogP contribution in [0.25, 0.3) is 16.9 Å². The van der Waals surface area contributed by atoms with Gasteiger partial charge in [-0.2, -0.15) is 4.68 Å². The average Bonchev–Trinajstić information content (AvgIpc) is 3.68. The number of rotatable bonds is 5. The molecule has 37 heavy (non-hydrogen) atoms. The molecule has 2 amide bonds. The summed E-state index contributed by atoms with van der Waals surface area (Å²) >= 11 is 6.07. The Balaban J connectivity index is 1.23. The minimum Gasteiger partial charge on any atom is -0.324 e. The fourth-order valence-corrected chi connectivity index (χ4v) is 5.05. The van der Waals surface area contributed by atoms with Gasteiger partial charge < -0.3 is 10.2 Å². The first-order valence-electron chi connectivity index (χ1n) is 11.4. The first-order valence-corrected chi connectivity index (χ1v) is 11.8. The minimum atomic E-state index is -0.653. The van der Waals surface area contributed by atoms with E-state index in [2.05, 4.69) is 36.4 Å². The molecule has 12 nitrogen and oxygen atoms in total. The van der Waals surface area contributed by atoms with Gasteiger partial charge in [0, 0.05) is 23.4 Å². The quantitative estimate of drug-likeness (QED) is 0.423. The molecule has 186 valence electrons. The highest BCUT2D eigenvalue weighted by molar-refractivity contribution is 6.31. The van der Waals surface area contributed by atoms with E-state index in [1.54, 1.807) is 35.2 Å². The summed E-state index contributed by atoms with van der Waals surface area (Å²) < 4.78 is 18.0. The number of aromatic nitrogens is 8. The van der Waals surface area contributed by atoms with Gasteiger partial charge in [0.2, 0.25) is 11.8 Å². The van der Waals surface area contributed by atoms with E-state index >= 15 is 4.39 Å². The Bertz CT molecular complexity index is 1510. The van der Waals surface area contributed by atoms with Crippen LogP contribution in [0.15, 0.2) is 55.1 Å². The number of hydrogen-bond donors (Lipinski definition) is 1. The van der Waals surface area contributed by atoms with Gasteiger partial charge in [-0.05, 0) is 82.1 Å². The first kappa shape index (κ1) is 22.9. The van der Waals surface area contributed by atoms with E-state index in [4.69, 9.17) is 11.6 Å². The maximum Gasteiger partial charge on any atom is 0.247 e. The van der Waals surface area contributed by atoms with Crippen LogP contribution >= 0.6 is 11.6 Å². The number of nitrogens with one attached hydrogen (secondary N) is 1. The summed E-state index contributed by atoms with van der Waals surface area (Å²) in [7, 11) is 0. The number of anilines is 1. The third-order valence-corrected chi connectivity index (χ3v) is 6.84. The molecule has 14 heteroatoms.